The van der Waals surface area contributed by atoms with Crippen LogP contribution < -0.4 is 49.2 Å². The van der Waals surface area contributed by atoms with Crippen LogP contribution in [0, 0.1) is 0 Å². The zero-order valence-electron chi connectivity index (χ0n) is 20.5. The van der Waals surface area contributed by atoms with E-state index in [4.69, 9.17) is 23.4 Å². The Balaban J connectivity index is 0.00000420. The molecule has 0 spiro atoms. The van der Waals surface area contributed by atoms with Gasteiger partial charge in [0.2, 0.25) is 22.4 Å². The number of phenolic OH excluding ortho intramolecular Hbond substituents is 2. The zero-order chi connectivity index (χ0) is 27.9. The fourth-order valence-corrected chi connectivity index (χ4v) is 4.25. The number of aliphatic hydroxyl groups excluding tert-OH is 3. The number of benzene rings is 2. The van der Waals surface area contributed by atoms with Gasteiger partial charge < -0.3 is 53.4 Å². The van der Waals surface area contributed by atoms with Gasteiger partial charge in [0, 0.05) is 23.8 Å². The minimum Gasteiger partial charge on any atom is -0.726 e. The molecule has 1 fully saturated rings. The number of ether oxygens (including phenoxy) is 4. The Morgan fingerprint density at radius 2 is 1.56 bits per heavy atom. The van der Waals surface area contributed by atoms with Crippen molar-refractivity contribution >= 4 is 21.4 Å². The van der Waals surface area contributed by atoms with Crippen LogP contribution in [-0.4, -0.2) is 83.6 Å². The summed E-state index contributed by atoms with van der Waals surface area (Å²) in [6.45, 7) is 0. The van der Waals surface area contributed by atoms with E-state index in [9.17, 15) is 43.3 Å². The Labute approximate surface area is 241 Å². The van der Waals surface area contributed by atoms with E-state index < -0.39 is 52.5 Å². The summed E-state index contributed by atoms with van der Waals surface area (Å²) in [5.74, 6) is -1.30. The largest absolute Gasteiger partial charge is 1.00 e. The maximum Gasteiger partial charge on any atom is 1.00 e. The van der Waals surface area contributed by atoms with Crippen LogP contribution in [-0.2, 0) is 19.3 Å². The Kier molecular flexibility index (Phi) is 9.39. The van der Waals surface area contributed by atoms with E-state index in [1.54, 1.807) is 0 Å². The Morgan fingerprint density at radius 3 is 2.13 bits per heavy atom. The molecule has 206 valence electrons. The fraction of sp³-hybridized carbons (Fsp3) is 0.318. The number of aliphatic hydroxyl groups is 3. The second-order valence-electron chi connectivity index (χ2n) is 7.98. The smallest absolute Gasteiger partial charge is 0.726 e. The van der Waals surface area contributed by atoms with Gasteiger partial charge in [-0.1, -0.05) is 0 Å². The van der Waals surface area contributed by atoms with Crippen molar-refractivity contribution in [1.82, 2.24) is 0 Å². The van der Waals surface area contributed by atoms with Gasteiger partial charge in [-0.2, -0.15) is 0 Å². The summed E-state index contributed by atoms with van der Waals surface area (Å²) in [6, 6.07) is 5.79. The van der Waals surface area contributed by atoms with Gasteiger partial charge in [-0.3, -0.25) is 8.98 Å². The second-order valence-corrected chi connectivity index (χ2v) is 8.99. The Hall–Kier alpha value is -2.64. The third-order valence-electron chi connectivity index (χ3n) is 5.55. The number of phenols is 2. The molecule has 1 aromatic heterocycles. The van der Waals surface area contributed by atoms with Crippen molar-refractivity contribution in [1.29, 1.82) is 0 Å². The average molecular weight is 580 g/mol. The van der Waals surface area contributed by atoms with E-state index in [0.29, 0.717) is 0 Å². The summed E-state index contributed by atoms with van der Waals surface area (Å²) in [5, 5.41) is 50.0. The summed E-state index contributed by atoms with van der Waals surface area (Å²) < 4.78 is 63.8. The fourth-order valence-electron chi connectivity index (χ4n) is 3.78. The Morgan fingerprint density at radius 1 is 0.949 bits per heavy atom. The summed E-state index contributed by atoms with van der Waals surface area (Å²) in [7, 11) is -2.84. The van der Waals surface area contributed by atoms with Crippen molar-refractivity contribution in [3.8, 4) is 40.1 Å². The van der Waals surface area contributed by atoms with Crippen LogP contribution >= 0.6 is 0 Å². The van der Waals surface area contributed by atoms with Crippen LogP contribution in [0.4, 0.5) is 0 Å². The second kappa shape index (κ2) is 11.8. The molecule has 3 aromatic rings. The molecule has 1 saturated heterocycles. The van der Waals surface area contributed by atoms with Gasteiger partial charge in [0.05, 0.1) is 14.2 Å². The van der Waals surface area contributed by atoms with Gasteiger partial charge >= 0.3 is 29.6 Å². The number of rotatable bonds is 7. The molecule has 2 heterocycles. The minimum absolute atomic E-state index is 0. The van der Waals surface area contributed by atoms with Crippen molar-refractivity contribution in [2.45, 2.75) is 30.9 Å². The van der Waals surface area contributed by atoms with Crippen molar-refractivity contribution in [2.24, 2.45) is 0 Å². The first kappa shape index (κ1) is 30.9. The first-order chi connectivity index (χ1) is 17.8. The summed E-state index contributed by atoms with van der Waals surface area (Å²) in [5.41, 5.74) is -0.677. The predicted octanol–water partition coefficient (Wildman–Crippen LogP) is -3.49. The first-order valence-corrected chi connectivity index (χ1v) is 11.9. The molecule has 17 heteroatoms. The number of fused-ring (bicyclic) bond motifs is 1. The van der Waals surface area contributed by atoms with Crippen LogP contribution in [0.25, 0.3) is 22.3 Å². The number of hydrogen-bond donors (Lipinski definition) is 5. The third kappa shape index (κ3) is 6.41. The van der Waals surface area contributed by atoms with E-state index >= 15 is 0 Å². The number of aromatic hydroxyl groups is 2. The molecule has 0 unspecified atom stereocenters. The molecule has 0 aliphatic carbocycles. The average Bonchev–Trinajstić information content (AvgIpc) is 2.84. The number of methoxy groups -OCH3 is 2. The van der Waals surface area contributed by atoms with Crippen LogP contribution in [0.15, 0.2) is 39.5 Å². The van der Waals surface area contributed by atoms with Crippen LogP contribution in [0.3, 0.4) is 0 Å². The van der Waals surface area contributed by atoms with E-state index in [2.05, 4.69) is 4.18 Å². The third-order valence-corrected chi connectivity index (χ3v) is 6.01. The maximum absolute atomic E-state index is 12.8. The molecule has 2 aromatic carbocycles. The first-order valence-electron chi connectivity index (χ1n) is 10.6. The molecule has 5 N–H and O–H groups in total. The molecule has 39 heavy (non-hydrogen) atoms. The molecule has 0 amide bonds. The minimum atomic E-state index is -5.43. The normalized spacial score (nSPS) is 23.2. The van der Waals surface area contributed by atoms with Gasteiger partial charge in [-0.05, 0) is 12.1 Å². The van der Waals surface area contributed by atoms with E-state index in [1.165, 1.54) is 26.4 Å². The molecule has 1 aliphatic rings. The van der Waals surface area contributed by atoms with Crippen molar-refractivity contribution < 1.29 is 95.6 Å². The molecule has 0 bridgehead atoms. The molecule has 0 saturated carbocycles. The summed E-state index contributed by atoms with van der Waals surface area (Å²) >= 11 is 0. The molecule has 1 aliphatic heterocycles. The van der Waals surface area contributed by atoms with Crippen LogP contribution in [0.1, 0.15) is 0 Å². The molecular formula is C22H21NaO15S. The summed E-state index contributed by atoms with van der Waals surface area (Å²) in [4.78, 5) is 12.8. The van der Waals surface area contributed by atoms with Crippen molar-refractivity contribution in [3.05, 3.63) is 40.6 Å². The van der Waals surface area contributed by atoms with Crippen molar-refractivity contribution in [2.75, 3.05) is 14.2 Å². The van der Waals surface area contributed by atoms with Crippen LogP contribution in [0.2, 0.25) is 0 Å². The molecule has 5 atom stereocenters. The van der Waals surface area contributed by atoms with E-state index in [-0.39, 0.29) is 74.8 Å². The quantitative estimate of drug-likeness (QED) is 0.104. The molecule has 4 rings (SSSR count). The molecule has 15 nitrogen and oxygen atoms in total. The van der Waals surface area contributed by atoms with Gasteiger partial charge in [0.25, 0.3) is 0 Å². The standard InChI is InChI=1S/C22H22O15S.Na/c1-32-14-3-8(4-15(33-2)17(14)25)12-7-11(24)16-10(23)5-9(6-13(16)35-12)34-22-20(37-38(29,30)31)18(26)19(27)21(28)36-22;/h3-7,18-23,25-28H,1-2H3,(H,29,30,31);/q;+1/p-1/t18-,19-,20-,21+,22+;/m0./s1. The van der Waals surface area contributed by atoms with Crippen LogP contribution in [0.5, 0.6) is 28.7 Å². The molecular weight excluding hydrogens is 559 g/mol. The predicted molar refractivity (Wildman–Crippen MR) is 122 cm³/mol. The van der Waals surface area contributed by atoms with Crippen molar-refractivity contribution in [3.63, 3.8) is 0 Å². The maximum atomic E-state index is 12.8. The SMILES string of the molecule is COc1cc(-c2cc(=O)c3c(O)cc(O[C@@H]4O[C@@H](O)[C@@H](O)[C@H](O)[C@@H]4OS(=O)(=O)[O-])cc3o2)cc(OC)c1O.[Na+]. The molecule has 0 radical (unpaired) electrons. The topological polar surface area (TPSA) is 235 Å². The monoisotopic (exact) mass is 580 g/mol. The van der Waals surface area contributed by atoms with Gasteiger partial charge in [0.1, 0.15) is 40.4 Å². The zero-order valence-corrected chi connectivity index (χ0v) is 23.3. The van der Waals surface area contributed by atoms with Gasteiger partial charge in [0.15, 0.2) is 29.3 Å². The van der Waals surface area contributed by atoms with E-state index in [0.717, 1.165) is 18.2 Å². The van der Waals surface area contributed by atoms with Gasteiger partial charge in [-0.15, -0.1) is 0 Å². The van der Waals surface area contributed by atoms with E-state index in [1.807, 2.05) is 0 Å². The number of hydrogen-bond acceptors (Lipinski definition) is 15. The Bertz CT molecular complexity index is 1500. The van der Waals surface area contributed by atoms with Gasteiger partial charge in [-0.25, -0.2) is 8.42 Å². The summed E-state index contributed by atoms with van der Waals surface area (Å²) in [6.07, 6.45) is -10.4.